The van der Waals surface area contributed by atoms with Crippen LogP contribution in [0.25, 0.3) is 0 Å². The summed E-state index contributed by atoms with van der Waals surface area (Å²) in [5.74, 6) is 1.18. The predicted octanol–water partition coefficient (Wildman–Crippen LogP) is 4.77. The quantitative estimate of drug-likeness (QED) is 0.684. The van der Waals surface area contributed by atoms with Gasteiger partial charge in [-0.15, -0.1) is 0 Å². The van der Waals surface area contributed by atoms with Gasteiger partial charge in [-0.2, -0.15) is 0 Å². The van der Waals surface area contributed by atoms with Gasteiger partial charge in [0.25, 0.3) is 0 Å². The second-order valence-corrected chi connectivity index (χ2v) is 5.05. The van der Waals surface area contributed by atoms with Crippen LogP contribution >= 0.6 is 0 Å². The first-order valence-corrected chi connectivity index (χ1v) is 8.26. The zero-order valence-electron chi connectivity index (χ0n) is 14.8. The molecular weight excluding hydrogens is 234 g/mol. The predicted molar refractivity (Wildman–Crippen MR) is 86.6 cm³/mol. The Morgan fingerprint density at radius 3 is 1.74 bits per heavy atom. The summed E-state index contributed by atoms with van der Waals surface area (Å²) in [7, 11) is 2.09. The Kier molecular flexibility index (Phi) is 11.5. The number of carbonyl (C=O) groups excluding carboxylic acids is 1. The molecule has 2 nitrogen and oxygen atoms in total. The first-order valence-electron chi connectivity index (χ1n) is 8.26. The number of hydrogen-bond acceptors (Lipinski definition) is 2. The monoisotopic (exact) mass is 271 g/mol. The van der Waals surface area contributed by atoms with E-state index in [1.165, 1.54) is 12.8 Å². The van der Waals surface area contributed by atoms with Gasteiger partial charge in [0.1, 0.15) is 5.78 Å². The average molecular weight is 271 g/mol. The van der Waals surface area contributed by atoms with Crippen molar-refractivity contribution in [1.29, 1.82) is 0 Å². The highest BCUT2D eigenvalue weighted by Crippen LogP contribution is 2.54. The van der Waals surface area contributed by atoms with Crippen LogP contribution in [0.15, 0.2) is 0 Å². The van der Waals surface area contributed by atoms with Crippen LogP contribution in [0.5, 0.6) is 0 Å². The normalized spacial score (nSPS) is 31.8. The second-order valence-electron chi connectivity index (χ2n) is 5.05. The molecule has 1 aliphatic carbocycles. The molecule has 2 fully saturated rings. The van der Waals surface area contributed by atoms with Crippen LogP contribution < -0.4 is 0 Å². The molecule has 3 unspecified atom stereocenters. The summed E-state index contributed by atoms with van der Waals surface area (Å²) in [6.07, 6.45) is 3.81. The third-order valence-electron chi connectivity index (χ3n) is 4.29. The number of ketones is 1. The van der Waals surface area contributed by atoms with Crippen molar-refractivity contribution in [2.24, 2.45) is 11.3 Å². The fraction of sp³-hybridized carbons (Fsp3) is 0.941. The summed E-state index contributed by atoms with van der Waals surface area (Å²) >= 11 is 0. The standard InChI is InChI=1S/C11H19NO.3C2H6/c1-8-4-5-11(8)6-10(9(2)13)12(3)7-11;3*1-2/h8,10H,4-7H2,1-3H3;3*1-2H3. The van der Waals surface area contributed by atoms with Crippen LogP contribution in [-0.2, 0) is 4.79 Å². The Labute approximate surface area is 122 Å². The molecule has 0 N–H and O–H groups in total. The van der Waals surface area contributed by atoms with Gasteiger partial charge in [-0.25, -0.2) is 0 Å². The molecule has 0 radical (unpaired) electrons. The molecule has 0 bridgehead atoms. The maximum atomic E-state index is 11.3. The maximum Gasteiger partial charge on any atom is 0.146 e. The highest BCUT2D eigenvalue weighted by atomic mass is 16.1. The van der Waals surface area contributed by atoms with Gasteiger partial charge < -0.3 is 0 Å². The van der Waals surface area contributed by atoms with Crippen molar-refractivity contribution in [3.8, 4) is 0 Å². The molecule has 1 saturated carbocycles. The Morgan fingerprint density at radius 1 is 1.11 bits per heavy atom. The van der Waals surface area contributed by atoms with Gasteiger partial charge in [0.05, 0.1) is 6.04 Å². The van der Waals surface area contributed by atoms with Gasteiger partial charge in [0.15, 0.2) is 0 Å². The summed E-state index contributed by atoms with van der Waals surface area (Å²) in [5, 5.41) is 0. The third-order valence-corrected chi connectivity index (χ3v) is 4.29. The van der Waals surface area contributed by atoms with E-state index in [-0.39, 0.29) is 6.04 Å². The van der Waals surface area contributed by atoms with Crippen LogP contribution in [0, 0.1) is 11.3 Å². The van der Waals surface area contributed by atoms with E-state index >= 15 is 0 Å². The van der Waals surface area contributed by atoms with Gasteiger partial charge in [-0.1, -0.05) is 48.5 Å². The molecule has 0 aromatic heterocycles. The van der Waals surface area contributed by atoms with Crippen LogP contribution in [0.2, 0.25) is 0 Å². The first kappa shape index (κ1) is 20.9. The minimum atomic E-state index is 0.211. The lowest BCUT2D eigenvalue weighted by Gasteiger charge is -2.45. The summed E-state index contributed by atoms with van der Waals surface area (Å²) < 4.78 is 0. The minimum Gasteiger partial charge on any atom is -0.298 e. The number of rotatable bonds is 1. The van der Waals surface area contributed by atoms with Crippen molar-refractivity contribution in [2.45, 2.75) is 80.7 Å². The second kappa shape index (κ2) is 10.4. The Balaban J connectivity index is 0. The van der Waals surface area contributed by atoms with E-state index in [4.69, 9.17) is 0 Å². The average Bonchev–Trinajstić information content (AvgIpc) is 2.84. The molecule has 0 aromatic carbocycles. The van der Waals surface area contributed by atoms with Gasteiger partial charge in [0, 0.05) is 6.54 Å². The molecule has 19 heavy (non-hydrogen) atoms. The van der Waals surface area contributed by atoms with E-state index in [1.54, 1.807) is 6.92 Å². The SMILES string of the molecule is CC.CC.CC.CC(=O)C1CC2(CCC2C)CN1C. The fourth-order valence-corrected chi connectivity index (χ4v) is 3.05. The Bertz CT molecular complexity index is 239. The fourth-order valence-electron chi connectivity index (χ4n) is 3.05. The number of Topliss-reactive ketones (excluding diaryl/α,β-unsaturated/α-hetero) is 1. The Morgan fingerprint density at radius 2 is 1.58 bits per heavy atom. The molecule has 0 amide bonds. The van der Waals surface area contributed by atoms with Crippen molar-refractivity contribution in [3.63, 3.8) is 0 Å². The summed E-state index contributed by atoms with van der Waals surface area (Å²) in [5.41, 5.74) is 0.505. The first-order chi connectivity index (χ1) is 9.05. The van der Waals surface area contributed by atoms with Crippen molar-refractivity contribution < 1.29 is 4.79 Å². The lowest BCUT2D eigenvalue weighted by atomic mass is 9.60. The van der Waals surface area contributed by atoms with E-state index in [1.807, 2.05) is 41.5 Å². The third kappa shape index (κ3) is 4.91. The lowest BCUT2D eigenvalue weighted by Crippen LogP contribution is -2.40. The molecule has 1 saturated heterocycles. The molecule has 0 aromatic rings. The maximum absolute atomic E-state index is 11.3. The Hall–Kier alpha value is -0.370. The number of nitrogens with zero attached hydrogens (tertiary/aromatic N) is 1. The van der Waals surface area contributed by atoms with Crippen molar-refractivity contribution in [1.82, 2.24) is 4.90 Å². The molecule has 2 aliphatic rings. The number of hydrogen-bond donors (Lipinski definition) is 0. The van der Waals surface area contributed by atoms with Crippen molar-refractivity contribution >= 4 is 5.78 Å². The number of carbonyl (C=O) groups is 1. The molecular formula is C17H37NO. The lowest BCUT2D eigenvalue weighted by molar-refractivity contribution is -0.120. The van der Waals surface area contributed by atoms with E-state index in [2.05, 4.69) is 18.9 Å². The van der Waals surface area contributed by atoms with Crippen LogP contribution in [0.4, 0.5) is 0 Å². The largest absolute Gasteiger partial charge is 0.298 e. The zero-order chi connectivity index (χ0) is 15.6. The van der Waals surface area contributed by atoms with E-state index < -0.39 is 0 Å². The highest BCUT2D eigenvalue weighted by Gasteiger charge is 2.51. The summed E-state index contributed by atoms with van der Waals surface area (Å²) in [4.78, 5) is 13.6. The molecule has 2 rings (SSSR count). The van der Waals surface area contributed by atoms with Gasteiger partial charge in [-0.3, -0.25) is 9.69 Å². The highest BCUT2D eigenvalue weighted by molar-refractivity contribution is 5.81. The van der Waals surface area contributed by atoms with Crippen LogP contribution in [0.1, 0.15) is 74.7 Å². The molecule has 2 heteroatoms. The van der Waals surface area contributed by atoms with E-state index in [9.17, 15) is 4.79 Å². The molecule has 116 valence electrons. The van der Waals surface area contributed by atoms with Crippen molar-refractivity contribution in [3.05, 3.63) is 0 Å². The number of likely N-dealkylation sites (N-methyl/N-ethyl adjacent to an activating group) is 1. The van der Waals surface area contributed by atoms with Crippen molar-refractivity contribution in [2.75, 3.05) is 13.6 Å². The summed E-state index contributed by atoms with van der Waals surface area (Å²) in [6.45, 7) is 17.2. The number of likely N-dealkylation sites (tertiary alicyclic amines) is 1. The zero-order valence-corrected chi connectivity index (χ0v) is 14.8. The van der Waals surface area contributed by atoms with Gasteiger partial charge >= 0.3 is 0 Å². The molecule has 3 atom stereocenters. The van der Waals surface area contributed by atoms with Crippen LogP contribution in [-0.4, -0.2) is 30.3 Å². The topological polar surface area (TPSA) is 20.3 Å². The van der Waals surface area contributed by atoms with E-state index in [0.29, 0.717) is 11.2 Å². The molecule has 1 heterocycles. The smallest absolute Gasteiger partial charge is 0.146 e. The molecule has 1 aliphatic heterocycles. The minimum absolute atomic E-state index is 0.211. The summed E-state index contributed by atoms with van der Waals surface area (Å²) in [6, 6.07) is 0.211. The van der Waals surface area contributed by atoms with Gasteiger partial charge in [0.2, 0.25) is 0 Å². The van der Waals surface area contributed by atoms with E-state index in [0.717, 1.165) is 18.9 Å². The molecule has 1 spiro atoms. The van der Waals surface area contributed by atoms with Gasteiger partial charge in [-0.05, 0) is 44.6 Å². The van der Waals surface area contributed by atoms with Crippen LogP contribution in [0.3, 0.4) is 0 Å².